The number of aromatic nitrogens is 2. The summed E-state index contributed by atoms with van der Waals surface area (Å²) in [6, 6.07) is 12.1. The fourth-order valence-corrected chi connectivity index (χ4v) is 2.61. The van der Waals surface area contributed by atoms with E-state index in [-0.39, 0.29) is 11.4 Å². The largest absolute Gasteiger partial charge is 0.573 e. The number of fused-ring (bicyclic) bond motifs is 1. The van der Waals surface area contributed by atoms with Crippen molar-refractivity contribution in [2.45, 2.75) is 20.2 Å². The topological polar surface area (TPSA) is 85.7 Å². The molecule has 0 saturated heterocycles. The van der Waals surface area contributed by atoms with Crippen LogP contribution in [0.25, 0.3) is 11.0 Å². The van der Waals surface area contributed by atoms with Gasteiger partial charge in [0, 0.05) is 5.69 Å². The first-order chi connectivity index (χ1) is 14.2. The standard InChI is InChI=1S/C20H17F3N4O3/c1-12-19(13(2)25-17-6-4-3-5-16(17)24-12)27-29-11-18(28)26-14-7-9-15(10-8-14)30-20(21,22)23/h3-10H,11H2,1-2H3,(H,26,28). The molecule has 0 unspecified atom stereocenters. The molecule has 0 aliphatic carbocycles. The summed E-state index contributed by atoms with van der Waals surface area (Å²) in [7, 11) is 0. The first-order valence-corrected chi connectivity index (χ1v) is 8.77. The molecule has 1 aromatic heterocycles. The molecule has 1 amide bonds. The van der Waals surface area contributed by atoms with Gasteiger partial charge in [-0.3, -0.25) is 4.79 Å². The molecular formula is C20H17F3N4O3. The molecule has 3 rings (SSSR count). The molecule has 0 radical (unpaired) electrons. The number of anilines is 1. The summed E-state index contributed by atoms with van der Waals surface area (Å²) in [4.78, 5) is 26.1. The highest BCUT2D eigenvalue weighted by atomic mass is 19.4. The minimum absolute atomic E-state index is 0.283. The summed E-state index contributed by atoms with van der Waals surface area (Å²) < 4.78 is 40.3. The molecule has 0 atom stereocenters. The molecule has 7 nitrogen and oxygen atoms in total. The Morgan fingerprint density at radius 2 is 1.57 bits per heavy atom. The molecule has 0 spiro atoms. The van der Waals surface area contributed by atoms with Crippen LogP contribution in [0.3, 0.4) is 0 Å². The molecule has 1 heterocycles. The van der Waals surface area contributed by atoms with Crippen LogP contribution in [0.2, 0.25) is 0 Å². The number of hydrogen-bond donors (Lipinski definition) is 1. The van der Waals surface area contributed by atoms with E-state index in [1.807, 2.05) is 24.3 Å². The van der Waals surface area contributed by atoms with Crippen molar-refractivity contribution in [3.8, 4) is 5.75 Å². The summed E-state index contributed by atoms with van der Waals surface area (Å²) >= 11 is 0. The van der Waals surface area contributed by atoms with Crippen molar-refractivity contribution < 1.29 is 27.5 Å². The van der Waals surface area contributed by atoms with Gasteiger partial charge in [0.25, 0.3) is 5.91 Å². The summed E-state index contributed by atoms with van der Waals surface area (Å²) in [5.41, 5.74) is 2.86. The van der Waals surface area contributed by atoms with E-state index >= 15 is 0 Å². The molecule has 0 fully saturated rings. The third kappa shape index (κ3) is 5.66. The maximum Gasteiger partial charge on any atom is 0.573 e. The van der Waals surface area contributed by atoms with Crippen molar-refractivity contribution in [3.63, 3.8) is 0 Å². The van der Waals surface area contributed by atoms with Gasteiger partial charge in [-0.05, 0) is 50.2 Å². The number of carbonyl (C=O) groups is 1. The number of amides is 1. The van der Waals surface area contributed by atoms with Gasteiger partial charge >= 0.3 is 6.36 Å². The zero-order valence-corrected chi connectivity index (χ0v) is 16.0. The SMILES string of the molecule is Cc1nc2ccccc2nc(C)c1=NOCC(=O)Nc1ccc(OC(F)(F)F)cc1. The van der Waals surface area contributed by atoms with E-state index in [1.54, 1.807) is 13.8 Å². The summed E-state index contributed by atoms with van der Waals surface area (Å²) in [5.74, 6) is -0.924. The number of nitrogens with one attached hydrogen (secondary N) is 1. The molecule has 2 aromatic carbocycles. The van der Waals surface area contributed by atoms with Crippen molar-refractivity contribution in [1.82, 2.24) is 9.97 Å². The maximum absolute atomic E-state index is 12.2. The van der Waals surface area contributed by atoms with Crippen LogP contribution in [0.5, 0.6) is 5.75 Å². The minimum atomic E-state index is -4.78. The normalized spacial score (nSPS) is 11.1. The van der Waals surface area contributed by atoms with Crippen molar-refractivity contribution in [2.24, 2.45) is 5.16 Å². The number of hydrogen-bond acceptors (Lipinski definition) is 6. The van der Waals surface area contributed by atoms with Gasteiger partial charge < -0.3 is 14.9 Å². The Hall–Kier alpha value is -3.69. The summed E-state index contributed by atoms with van der Waals surface area (Å²) in [5, 5.41) is 6.87. The Morgan fingerprint density at radius 1 is 1.00 bits per heavy atom. The number of ether oxygens (including phenoxy) is 1. The van der Waals surface area contributed by atoms with Crippen LogP contribution in [-0.2, 0) is 9.63 Å². The first kappa shape index (κ1) is 21.0. The smallest absolute Gasteiger partial charge is 0.406 e. The lowest BCUT2D eigenvalue weighted by Gasteiger charge is -2.09. The average Bonchev–Trinajstić information content (AvgIpc) is 2.78. The van der Waals surface area contributed by atoms with Gasteiger partial charge in [0.2, 0.25) is 0 Å². The fourth-order valence-electron chi connectivity index (χ4n) is 2.61. The van der Waals surface area contributed by atoms with E-state index in [0.29, 0.717) is 27.8 Å². The predicted molar refractivity (Wildman–Crippen MR) is 102 cm³/mol. The number of carbonyl (C=O) groups excluding carboxylic acids is 1. The Labute approximate surface area is 169 Å². The van der Waals surface area contributed by atoms with Gasteiger partial charge in [-0.2, -0.15) is 0 Å². The second-order valence-corrected chi connectivity index (χ2v) is 6.22. The van der Waals surface area contributed by atoms with E-state index in [9.17, 15) is 18.0 Å². The van der Waals surface area contributed by atoms with Crippen LogP contribution in [0.1, 0.15) is 11.4 Å². The van der Waals surface area contributed by atoms with Crippen molar-refractivity contribution >= 4 is 22.6 Å². The van der Waals surface area contributed by atoms with Crippen LogP contribution in [0.4, 0.5) is 18.9 Å². The third-order valence-corrected chi connectivity index (χ3v) is 3.87. The maximum atomic E-state index is 12.2. The Balaban J connectivity index is 1.66. The van der Waals surface area contributed by atoms with Crippen LogP contribution in [0, 0.1) is 13.8 Å². The molecule has 1 N–H and O–H groups in total. The van der Waals surface area contributed by atoms with E-state index in [1.165, 1.54) is 12.1 Å². The van der Waals surface area contributed by atoms with E-state index < -0.39 is 18.9 Å². The predicted octanol–water partition coefficient (Wildman–Crippen LogP) is 3.62. The van der Waals surface area contributed by atoms with Gasteiger partial charge in [0.1, 0.15) is 11.1 Å². The second-order valence-electron chi connectivity index (χ2n) is 6.22. The fraction of sp³-hybridized carbons (Fsp3) is 0.200. The third-order valence-electron chi connectivity index (χ3n) is 3.87. The van der Waals surface area contributed by atoms with Gasteiger partial charge in [-0.1, -0.05) is 17.3 Å². The Morgan fingerprint density at radius 3 is 2.10 bits per heavy atom. The number of alkyl halides is 3. The summed E-state index contributed by atoms with van der Waals surface area (Å²) in [6.45, 7) is 3.11. The lowest BCUT2D eigenvalue weighted by molar-refractivity contribution is -0.274. The molecular weight excluding hydrogens is 401 g/mol. The van der Waals surface area contributed by atoms with Gasteiger partial charge in [0.05, 0.1) is 22.4 Å². The average molecular weight is 418 g/mol. The molecule has 0 bridgehead atoms. The molecule has 0 saturated carbocycles. The van der Waals surface area contributed by atoms with E-state index in [2.05, 4.69) is 25.2 Å². The van der Waals surface area contributed by atoms with Crippen molar-refractivity contribution in [3.05, 3.63) is 65.3 Å². The second kappa shape index (κ2) is 8.76. The van der Waals surface area contributed by atoms with Crippen LogP contribution < -0.4 is 15.4 Å². The zero-order valence-electron chi connectivity index (χ0n) is 16.0. The van der Waals surface area contributed by atoms with Gasteiger partial charge in [0.15, 0.2) is 6.61 Å². The van der Waals surface area contributed by atoms with Crippen LogP contribution >= 0.6 is 0 Å². The Kier molecular flexibility index (Phi) is 6.14. The highest BCUT2D eigenvalue weighted by molar-refractivity contribution is 5.91. The Bertz CT molecular complexity index is 1090. The number of nitrogens with zero attached hydrogens (tertiary/aromatic N) is 3. The minimum Gasteiger partial charge on any atom is -0.406 e. The molecule has 0 aliphatic rings. The highest BCUT2D eigenvalue weighted by Crippen LogP contribution is 2.23. The highest BCUT2D eigenvalue weighted by Gasteiger charge is 2.30. The number of benzene rings is 2. The van der Waals surface area contributed by atoms with E-state index in [4.69, 9.17) is 4.84 Å². The lowest BCUT2D eigenvalue weighted by Crippen LogP contribution is -2.19. The van der Waals surface area contributed by atoms with Crippen LogP contribution in [-0.4, -0.2) is 28.8 Å². The molecule has 30 heavy (non-hydrogen) atoms. The number of para-hydroxylation sites is 2. The van der Waals surface area contributed by atoms with Gasteiger partial charge in [-0.15, -0.1) is 13.2 Å². The molecule has 10 heteroatoms. The number of aryl methyl sites for hydroxylation is 2. The van der Waals surface area contributed by atoms with E-state index in [0.717, 1.165) is 12.1 Å². The summed E-state index contributed by atoms with van der Waals surface area (Å²) in [6.07, 6.45) is -4.78. The van der Waals surface area contributed by atoms with Gasteiger partial charge in [-0.25, -0.2) is 9.97 Å². The lowest BCUT2D eigenvalue weighted by atomic mass is 10.3. The van der Waals surface area contributed by atoms with Crippen molar-refractivity contribution in [1.29, 1.82) is 0 Å². The first-order valence-electron chi connectivity index (χ1n) is 8.77. The molecule has 156 valence electrons. The molecule has 3 aromatic rings. The number of halogens is 3. The number of rotatable bonds is 5. The van der Waals surface area contributed by atoms with Crippen molar-refractivity contribution in [2.75, 3.05) is 11.9 Å². The monoisotopic (exact) mass is 418 g/mol. The zero-order chi connectivity index (χ0) is 21.7. The van der Waals surface area contributed by atoms with Crippen LogP contribution in [0.15, 0.2) is 53.7 Å². The molecule has 0 aliphatic heterocycles. The quantitative estimate of drug-likeness (QED) is 0.640.